The summed E-state index contributed by atoms with van der Waals surface area (Å²) in [6.07, 6.45) is 4.10. The Morgan fingerprint density at radius 3 is 2.64 bits per heavy atom. The zero-order valence-corrected chi connectivity index (χ0v) is 19.7. The highest BCUT2D eigenvalue weighted by Gasteiger charge is 2.31. The van der Waals surface area contributed by atoms with Crippen LogP contribution in [0.3, 0.4) is 0 Å². The van der Waals surface area contributed by atoms with E-state index >= 15 is 0 Å². The normalized spacial score (nSPS) is 16.4. The number of thioether (sulfide) groups is 1. The minimum absolute atomic E-state index is 0. The maximum Gasteiger partial charge on any atom is 0.387 e. The summed E-state index contributed by atoms with van der Waals surface area (Å²) in [7, 11) is 0. The quantitative estimate of drug-likeness (QED) is 0.301. The van der Waals surface area contributed by atoms with Crippen molar-refractivity contribution in [1.82, 2.24) is 10.6 Å². The van der Waals surface area contributed by atoms with Crippen LogP contribution < -0.4 is 15.4 Å². The number of halogens is 3. The Morgan fingerprint density at radius 2 is 2.04 bits per heavy atom. The first-order chi connectivity index (χ1) is 13.0. The van der Waals surface area contributed by atoms with Gasteiger partial charge in [-0.25, -0.2) is 4.99 Å². The monoisotopic (exact) mass is 529 g/mol. The maximum absolute atomic E-state index is 12.6. The minimum Gasteiger partial charge on any atom is -0.434 e. The number of nitrogens with one attached hydrogen (secondary N) is 2. The van der Waals surface area contributed by atoms with Crippen molar-refractivity contribution >= 4 is 41.7 Å². The van der Waals surface area contributed by atoms with Crippen LogP contribution in [0.5, 0.6) is 5.75 Å². The van der Waals surface area contributed by atoms with Gasteiger partial charge in [0, 0.05) is 36.6 Å². The predicted octanol–water partition coefficient (Wildman–Crippen LogP) is 4.18. The minimum atomic E-state index is -2.85. The third-order valence-corrected chi connectivity index (χ3v) is 6.02. The molecule has 1 aliphatic heterocycles. The summed E-state index contributed by atoms with van der Waals surface area (Å²) in [5.74, 6) is 0.835. The topological polar surface area (TPSA) is 54.9 Å². The second kappa shape index (κ2) is 12.7. The Balaban J connectivity index is 0.00000392. The molecule has 0 aromatic heterocycles. The maximum atomic E-state index is 12.6. The van der Waals surface area contributed by atoms with Crippen molar-refractivity contribution in [2.24, 2.45) is 4.99 Å². The van der Waals surface area contributed by atoms with Crippen molar-refractivity contribution in [3.8, 4) is 5.75 Å². The van der Waals surface area contributed by atoms with Gasteiger partial charge in [-0.1, -0.05) is 17.7 Å². The second-order valence-corrected chi connectivity index (χ2v) is 7.81. The van der Waals surface area contributed by atoms with E-state index in [4.69, 9.17) is 4.74 Å². The van der Waals surface area contributed by atoms with Gasteiger partial charge in [0.25, 0.3) is 0 Å². The van der Waals surface area contributed by atoms with E-state index in [0.29, 0.717) is 11.5 Å². The number of ether oxygens (including phenoxy) is 2. The molecule has 2 N–H and O–H groups in total. The summed E-state index contributed by atoms with van der Waals surface area (Å²) >= 11 is 1.85. The van der Waals surface area contributed by atoms with Gasteiger partial charge in [0.2, 0.25) is 0 Å². The molecule has 1 aromatic rings. The van der Waals surface area contributed by atoms with E-state index in [2.05, 4.69) is 26.6 Å². The fourth-order valence-corrected chi connectivity index (χ4v) is 3.78. The van der Waals surface area contributed by atoms with Crippen LogP contribution in [0.15, 0.2) is 23.2 Å². The Kier molecular flexibility index (Phi) is 11.4. The number of aryl methyl sites for hydroxylation is 1. The molecule has 160 valence electrons. The lowest BCUT2D eigenvalue weighted by atomic mass is 9.99. The molecule has 2 rings (SSSR count). The fourth-order valence-electron chi connectivity index (χ4n) is 2.99. The van der Waals surface area contributed by atoms with Crippen molar-refractivity contribution in [2.45, 2.75) is 44.6 Å². The van der Waals surface area contributed by atoms with Gasteiger partial charge in [0.1, 0.15) is 5.75 Å². The van der Waals surface area contributed by atoms with Crippen molar-refractivity contribution in [3.05, 3.63) is 29.3 Å². The van der Waals surface area contributed by atoms with E-state index in [9.17, 15) is 8.78 Å². The van der Waals surface area contributed by atoms with Crippen LogP contribution >= 0.6 is 35.7 Å². The van der Waals surface area contributed by atoms with E-state index in [1.165, 1.54) is 0 Å². The van der Waals surface area contributed by atoms with Gasteiger partial charge < -0.3 is 20.1 Å². The van der Waals surface area contributed by atoms with E-state index in [1.807, 2.05) is 31.7 Å². The lowest BCUT2D eigenvalue weighted by Gasteiger charge is -2.36. The van der Waals surface area contributed by atoms with Gasteiger partial charge in [-0.3, -0.25) is 0 Å². The molecule has 1 fully saturated rings. The number of nitrogens with zero attached hydrogens (tertiary/aromatic N) is 1. The third kappa shape index (κ3) is 7.90. The molecule has 28 heavy (non-hydrogen) atoms. The summed E-state index contributed by atoms with van der Waals surface area (Å²) in [5.41, 5.74) is 1.61. The molecule has 0 aliphatic carbocycles. The molecule has 0 bridgehead atoms. The predicted molar refractivity (Wildman–Crippen MR) is 122 cm³/mol. The number of benzene rings is 1. The van der Waals surface area contributed by atoms with Crippen molar-refractivity contribution < 1.29 is 18.3 Å². The summed E-state index contributed by atoms with van der Waals surface area (Å²) < 4.78 is 35.5. The molecule has 0 saturated carbocycles. The molecule has 0 amide bonds. The van der Waals surface area contributed by atoms with E-state index in [0.717, 1.165) is 44.7 Å². The van der Waals surface area contributed by atoms with Gasteiger partial charge >= 0.3 is 6.61 Å². The fraction of sp³-hybridized carbons (Fsp3) is 0.632. The zero-order valence-electron chi connectivity index (χ0n) is 16.6. The molecular weight excluding hydrogens is 499 g/mol. The van der Waals surface area contributed by atoms with Gasteiger partial charge in [0.15, 0.2) is 5.96 Å². The summed E-state index contributed by atoms with van der Waals surface area (Å²) in [6.45, 7) is 4.35. The Labute approximate surface area is 187 Å². The van der Waals surface area contributed by atoms with Crippen LogP contribution in [0.25, 0.3) is 0 Å². The Bertz CT molecular complexity index is 629. The van der Waals surface area contributed by atoms with Crippen LogP contribution in [-0.2, 0) is 11.3 Å². The van der Waals surface area contributed by atoms with Crippen LogP contribution in [0.4, 0.5) is 8.78 Å². The number of alkyl halides is 2. The average Bonchev–Trinajstić information content (AvgIpc) is 2.66. The first-order valence-electron chi connectivity index (χ1n) is 9.17. The smallest absolute Gasteiger partial charge is 0.387 e. The molecule has 0 unspecified atom stereocenters. The van der Waals surface area contributed by atoms with Gasteiger partial charge in [-0.05, 0) is 39.0 Å². The molecule has 0 spiro atoms. The molecule has 1 aromatic carbocycles. The number of guanidine groups is 1. The largest absolute Gasteiger partial charge is 0.434 e. The highest BCUT2D eigenvalue weighted by Crippen LogP contribution is 2.33. The molecule has 1 aliphatic rings. The number of rotatable bonds is 8. The Morgan fingerprint density at radius 1 is 1.32 bits per heavy atom. The van der Waals surface area contributed by atoms with Gasteiger partial charge in [-0.15, -0.1) is 24.0 Å². The first-order valence-corrected chi connectivity index (χ1v) is 10.4. The van der Waals surface area contributed by atoms with E-state index in [-0.39, 0.29) is 41.0 Å². The average molecular weight is 529 g/mol. The molecule has 5 nitrogen and oxygen atoms in total. The van der Waals surface area contributed by atoms with E-state index < -0.39 is 6.61 Å². The number of hydrogen-bond donors (Lipinski definition) is 2. The molecular formula is C19H30F2IN3O2S. The molecule has 0 radical (unpaired) electrons. The van der Waals surface area contributed by atoms with Gasteiger partial charge in [0.05, 0.1) is 6.54 Å². The summed E-state index contributed by atoms with van der Waals surface area (Å²) in [6, 6.07) is 5.14. The standard InChI is InChI=1S/C19H29F2N3O2S.HI/c1-4-22-18(24-13-19(27-3)7-9-25-10-8-19)23-12-15-11-14(2)5-6-16(15)26-17(20)21;/h5-6,11,17H,4,7-10,12-13H2,1-3H3,(H2,22,23,24);1H. The van der Waals surface area contributed by atoms with Gasteiger partial charge in [-0.2, -0.15) is 20.5 Å². The van der Waals surface area contributed by atoms with Crippen molar-refractivity contribution in [2.75, 3.05) is 32.6 Å². The first kappa shape index (κ1) is 25.2. The van der Waals surface area contributed by atoms with E-state index in [1.54, 1.807) is 12.1 Å². The van der Waals surface area contributed by atoms with Crippen LogP contribution in [0, 0.1) is 6.92 Å². The molecule has 9 heteroatoms. The Hall–Kier alpha value is -0.810. The SMILES string of the molecule is CCNC(=NCc1cc(C)ccc1OC(F)F)NCC1(SC)CCOCC1.I. The molecule has 0 atom stereocenters. The number of aliphatic imine (C=N–C) groups is 1. The lowest BCUT2D eigenvalue weighted by molar-refractivity contribution is -0.0504. The number of hydrogen-bond acceptors (Lipinski definition) is 4. The van der Waals surface area contributed by atoms with Crippen LogP contribution in [-0.4, -0.2) is 49.9 Å². The second-order valence-electron chi connectivity index (χ2n) is 6.54. The summed E-state index contributed by atoms with van der Waals surface area (Å²) in [5, 5.41) is 6.62. The van der Waals surface area contributed by atoms with Crippen molar-refractivity contribution in [3.63, 3.8) is 0 Å². The third-order valence-electron chi connectivity index (χ3n) is 4.60. The highest BCUT2D eigenvalue weighted by molar-refractivity contribution is 14.0. The molecule has 1 saturated heterocycles. The lowest BCUT2D eigenvalue weighted by Crippen LogP contribution is -2.47. The van der Waals surface area contributed by atoms with Crippen LogP contribution in [0.1, 0.15) is 30.9 Å². The van der Waals surface area contributed by atoms with Crippen LogP contribution in [0.2, 0.25) is 0 Å². The molecule has 1 heterocycles. The highest BCUT2D eigenvalue weighted by atomic mass is 127. The summed E-state index contributed by atoms with van der Waals surface area (Å²) in [4.78, 5) is 4.57. The zero-order chi connectivity index (χ0) is 19.7. The van der Waals surface area contributed by atoms with Crippen molar-refractivity contribution in [1.29, 1.82) is 0 Å².